The first-order valence-electron chi connectivity index (χ1n) is 11.4. The van der Waals surface area contributed by atoms with Gasteiger partial charge in [0.2, 0.25) is 5.91 Å². The first kappa shape index (κ1) is 23.5. The Balaban J connectivity index is 1.41. The van der Waals surface area contributed by atoms with E-state index in [-0.39, 0.29) is 24.7 Å². The topological polar surface area (TPSA) is 66.8 Å². The van der Waals surface area contributed by atoms with Crippen LogP contribution in [0.5, 0.6) is 5.75 Å². The Bertz CT molecular complexity index is 1160. The normalized spacial score (nSPS) is 16.5. The van der Waals surface area contributed by atoms with Crippen LogP contribution >= 0.6 is 0 Å². The van der Waals surface area contributed by atoms with Crippen LogP contribution in [0.25, 0.3) is 0 Å². The smallest absolute Gasteiger partial charge is 0.323 e. The zero-order chi connectivity index (χ0) is 24.1. The number of carbonyl (C=O) groups excluding carboxylic acids is 1. The molecule has 0 aliphatic carbocycles. The number of halogens is 1. The SMILES string of the molecule is C[C@]1(Cc2ccc(F)cc2)Cc2cc(CC(=O)N(CCc3ccccc3)CC(=O)O)ccc2O1. The van der Waals surface area contributed by atoms with Crippen molar-refractivity contribution >= 4 is 11.9 Å². The molecule has 0 saturated carbocycles. The van der Waals surface area contributed by atoms with Gasteiger partial charge in [-0.2, -0.15) is 0 Å². The number of aliphatic carboxylic acids is 1. The molecule has 4 rings (SSSR count). The van der Waals surface area contributed by atoms with Crippen molar-refractivity contribution in [2.45, 2.75) is 38.2 Å². The van der Waals surface area contributed by atoms with Gasteiger partial charge in [0.1, 0.15) is 23.7 Å². The largest absolute Gasteiger partial charge is 0.487 e. The Hall–Kier alpha value is -3.67. The number of hydrogen-bond donors (Lipinski definition) is 1. The Morgan fingerprint density at radius 2 is 1.71 bits per heavy atom. The van der Waals surface area contributed by atoms with E-state index in [1.54, 1.807) is 12.1 Å². The van der Waals surface area contributed by atoms with Crippen LogP contribution in [0.4, 0.5) is 4.39 Å². The van der Waals surface area contributed by atoms with Crippen molar-refractivity contribution in [2.75, 3.05) is 13.1 Å². The number of benzene rings is 3. The first-order valence-corrected chi connectivity index (χ1v) is 11.4. The molecule has 1 amide bonds. The second-order valence-electron chi connectivity index (χ2n) is 9.10. The zero-order valence-corrected chi connectivity index (χ0v) is 19.2. The van der Waals surface area contributed by atoms with E-state index in [4.69, 9.17) is 4.74 Å². The lowest BCUT2D eigenvalue weighted by Crippen LogP contribution is -2.38. The third-order valence-corrected chi connectivity index (χ3v) is 6.08. The highest BCUT2D eigenvalue weighted by Crippen LogP contribution is 2.37. The van der Waals surface area contributed by atoms with E-state index < -0.39 is 11.6 Å². The van der Waals surface area contributed by atoms with Crippen molar-refractivity contribution < 1.29 is 23.8 Å². The molecule has 3 aromatic carbocycles. The van der Waals surface area contributed by atoms with Crippen LogP contribution < -0.4 is 4.74 Å². The molecule has 1 aliphatic heterocycles. The van der Waals surface area contributed by atoms with Gasteiger partial charge < -0.3 is 14.7 Å². The molecule has 0 saturated heterocycles. The quantitative estimate of drug-likeness (QED) is 0.511. The van der Waals surface area contributed by atoms with Gasteiger partial charge in [0.05, 0.1) is 6.42 Å². The maximum atomic E-state index is 13.2. The molecule has 176 valence electrons. The van der Waals surface area contributed by atoms with Crippen molar-refractivity contribution in [1.82, 2.24) is 4.90 Å². The number of amides is 1. The van der Waals surface area contributed by atoms with Crippen LogP contribution in [0.3, 0.4) is 0 Å². The van der Waals surface area contributed by atoms with Crippen LogP contribution in [0, 0.1) is 5.82 Å². The number of ether oxygens (including phenoxy) is 1. The van der Waals surface area contributed by atoms with E-state index >= 15 is 0 Å². The molecule has 0 fully saturated rings. The van der Waals surface area contributed by atoms with Crippen LogP contribution in [0.1, 0.15) is 29.2 Å². The molecule has 3 aromatic rings. The summed E-state index contributed by atoms with van der Waals surface area (Å²) in [6.45, 7) is 2.05. The van der Waals surface area contributed by atoms with Gasteiger partial charge in [0.15, 0.2) is 0 Å². The molecule has 0 unspecified atom stereocenters. The monoisotopic (exact) mass is 461 g/mol. The maximum absolute atomic E-state index is 13.2. The van der Waals surface area contributed by atoms with Gasteiger partial charge in [0, 0.05) is 19.4 Å². The van der Waals surface area contributed by atoms with Gasteiger partial charge in [-0.1, -0.05) is 54.6 Å². The van der Waals surface area contributed by atoms with E-state index in [2.05, 4.69) is 0 Å². The molecule has 0 spiro atoms. The molecule has 0 radical (unpaired) electrons. The highest BCUT2D eigenvalue weighted by molar-refractivity contribution is 5.83. The van der Waals surface area contributed by atoms with Crippen LogP contribution in [0.2, 0.25) is 0 Å². The molecular weight excluding hydrogens is 433 g/mol. The van der Waals surface area contributed by atoms with Crippen molar-refractivity contribution in [1.29, 1.82) is 0 Å². The highest BCUT2D eigenvalue weighted by atomic mass is 19.1. The van der Waals surface area contributed by atoms with Gasteiger partial charge >= 0.3 is 5.97 Å². The van der Waals surface area contributed by atoms with E-state index in [9.17, 15) is 19.1 Å². The molecule has 1 aliphatic rings. The van der Waals surface area contributed by atoms with Gasteiger partial charge in [-0.25, -0.2) is 4.39 Å². The number of hydrogen-bond acceptors (Lipinski definition) is 3. The molecular formula is C28H28FNO4. The summed E-state index contributed by atoms with van der Waals surface area (Å²) in [4.78, 5) is 25.7. The van der Waals surface area contributed by atoms with Gasteiger partial charge in [-0.05, 0) is 53.8 Å². The van der Waals surface area contributed by atoms with E-state index in [0.717, 1.165) is 28.0 Å². The fourth-order valence-corrected chi connectivity index (χ4v) is 4.47. The standard InChI is InChI=1S/C28H28FNO4/c1-28(17-21-7-10-24(29)11-8-21)18-23-15-22(9-12-25(23)34-28)16-26(31)30(19-27(32)33)14-13-20-5-3-2-4-6-20/h2-12,15H,13-14,16-19H2,1H3,(H,32,33)/t28-/m0/s1. The van der Waals surface area contributed by atoms with Crippen LogP contribution in [-0.2, 0) is 35.3 Å². The molecule has 1 N–H and O–H groups in total. The number of fused-ring (bicyclic) bond motifs is 1. The predicted molar refractivity (Wildman–Crippen MR) is 127 cm³/mol. The summed E-state index contributed by atoms with van der Waals surface area (Å²) in [6.07, 6.45) is 2.04. The average molecular weight is 462 g/mol. The van der Waals surface area contributed by atoms with Gasteiger partial charge in [0.25, 0.3) is 0 Å². The summed E-state index contributed by atoms with van der Waals surface area (Å²) in [7, 11) is 0. The van der Waals surface area contributed by atoms with Gasteiger partial charge in [-0.15, -0.1) is 0 Å². The molecule has 5 nitrogen and oxygen atoms in total. The molecule has 0 bridgehead atoms. The molecule has 0 aromatic heterocycles. The van der Waals surface area contributed by atoms with Crippen LogP contribution in [-0.4, -0.2) is 40.6 Å². The summed E-state index contributed by atoms with van der Waals surface area (Å²) in [5.41, 5.74) is 3.45. The molecule has 1 atom stereocenters. The molecule has 6 heteroatoms. The van der Waals surface area contributed by atoms with E-state index in [0.29, 0.717) is 25.8 Å². The first-order chi connectivity index (χ1) is 16.3. The minimum atomic E-state index is -1.03. The third-order valence-electron chi connectivity index (χ3n) is 6.08. The van der Waals surface area contributed by atoms with Crippen molar-refractivity contribution in [3.63, 3.8) is 0 Å². The summed E-state index contributed by atoms with van der Waals surface area (Å²) in [5.74, 6) is -0.724. The lowest BCUT2D eigenvalue weighted by atomic mass is 9.91. The lowest BCUT2D eigenvalue weighted by Gasteiger charge is -2.24. The summed E-state index contributed by atoms with van der Waals surface area (Å²) >= 11 is 0. The second-order valence-corrected chi connectivity index (χ2v) is 9.10. The zero-order valence-electron chi connectivity index (χ0n) is 19.2. The Labute approximate surface area is 198 Å². The van der Waals surface area contributed by atoms with Crippen molar-refractivity contribution in [3.05, 3.63) is 101 Å². The Morgan fingerprint density at radius 3 is 2.41 bits per heavy atom. The van der Waals surface area contributed by atoms with E-state index in [1.165, 1.54) is 17.0 Å². The Kier molecular flexibility index (Phi) is 6.96. The van der Waals surface area contributed by atoms with Crippen molar-refractivity contribution in [2.24, 2.45) is 0 Å². The number of nitrogens with zero attached hydrogens (tertiary/aromatic N) is 1. The van der Waals surface area contributed by atoms with Gasteiger partial charge in [-0.3, -0.25) is 9.59 Å². The highest BCUT2D eigenvalue weighted by Gasteiger charge is 2.35. The summed E-state index contributed by atoms with van der Waals surface area (Å²) in [6, 6.07) is 21.8. The average Bonchev–Trinajstić information content (AvgIpc) is 3.13. The summed E-state index contributed by atoms with van der Waals surface area (Å²) < 4.78 is 19.4. The fraction of sp³-hybridized carbons (Fsp3) is 0.286. The second kappa shape index (κ2) is 10.1. The van der Waals surface area contributed by atoms with Crippen LogP contribution in [0.15, 0.2) is 72.8 Å². The summed E-state index contributed by atoms with van der Waals surface area (Å²) in [5, 5.41) is 9.29. The lowest BCUT2D eigenvalue weighted by molar-refractivity contribution is -0.144. The predicted octanol–water partition coefficient (Wildman–Crippen LogP) is 4.46. The minimum Gasteiger partial charge on any atom is -0.487 e. The minimum absolute atomic E-state index is 0.129. The number of carboxylic acid groups (broad SMARTS) is 1. The fourth-order valence-electron chi connectivity index (χ4n) is 4.47. The number of rotatable bonds is 9. The number of carbonyl (C=O) groups is 2. The molecule has 1 heterocycles. The van der Waals surface area contributed by atoms with E-state index in [1.807, 2.05) is 55.5 Å². The molecule has 34 heavy (non-hydrogen) atoms. The number of carboxylic acids is 1. The van der Waals surface area contributed by atoms with Crippen molar-refractivity contribution in [3.8, 4) is 5.75 Å². The Morgan fingerprint density at radius 1 is 1.00 bits per heavy atom. The third kappa shape index (κ3) is 6.01. The maximum Gasteiger partial charge on any atom is 0.323 e.